The third kappa shape index (κ3) is 3.23. The molecule has 2 rings (SSSR count). The summed E-state index contributed by atoms with van der Waals surface area (Å²) in [5.74, 6) is 0. The van der Waals surface area contributed by atoms with E-state index in [2.05, 4.69) is 10.6 Å². The average Bonchev–Trinajstić information content (AvgIpc) is 2.42. The van der Waals surface area contributed by atoms with Crippen molar-refractivity contribution in [3.8, 4) is 6.07 Å². The number of nitrogen functional groups attached to an aromatic ring is 1. The number of rotatable bonds is 2. The van der Waals surface area contributed by atoms with Crippen LogP contribution in [0.3, 0.4) is 0 Å². The SMILES string of the molecule is N#Cc1cc(N)ccc1NC(=O)Nc1ccccc1. The first-order valence-electron chi connectivity index (χ1n) is 5.62. The van der Waals surface area contributed by atoms with Crippen molar-refractivity contribution in [3.63, 3.8) is 0 Å². The van der Waals surface area contributed by atoms with Crippen LogP contribution in [0.1, 0.15) is 5.56 Å². The van der Waals surface area contributed by atoms with Gasteiger partial charge in [-0.3, -0.25) is 0 Å². The van der Waals surface area contributed by atoms with E-state index in [1.807, 2.05) is 24.3 Å². The Bertz CT molecular complexity index is 632. The van der Waals surface area contributed by atoms with Gasteiger partial charge in [0.15, 0.2) is 0 Å². The lowest BCUT2D eigenvalue weighted by atomic mass is 10.2. The molecule has 5 nitrogen and oxygen atoms in total. The lowest BCUT2D eigenvalue weighted by Crippen LogP contribution is -2.20. The Hall–Kier alpha value is -3.00. The van der Waals surface area contributed by atoms with Crippen molar-refractivity contribution < 1.29 is 4.79 Å². The molecule has 4 N–H and O–H groups in total. The molecule has 0 atom stereocenters. The number of carbonyl (C=O) groups is 1. The van der Waals surface area contributed by atoms with Gasteiger partial charge in [-0.25, -0.2) is 4.79 Å². The van der Waals surface area contributed by atoms with E-state index in [1.54, 1.807) is 24.3 Å². The second-order valence-corrected chi connectivity index (χ2v) is 3.86. The summed E-state index contributed by atoms with van der Waals surface area (Å²) in [6.07, 6.45) is 0. The number of nitriles is 1. The van der Waals surface area contributed by atoms with Gasteiger partial charge < -0.3 is 16.4 Å². The van der Waals surface area contributed by atoms with Crippen LogP contribution in [0.25, 0.3) is 0 Å². The number of para-hydroxylation sites is 1. The molecular formula is C14H12N4O. The summed E-state index contributed by atoms with van der Waals surface area (Å²) in [4.78, 5) is 11.8. The number of nitrogens with zero attached hydrogens (tertiary/aromatic N) is 1. The van der Waals surface area contributed by atoms with Crippen molar-refractivity contribution in [3.05, 3.63) is 54.1 Å². The number of carbonyl (C=O) groups excluding carboxylic acids is 1. The largest absolute Gasteiger partial charge is 0.399 e. The standard InChI is InChI=1S/C14H12N4O/c15-9-10-8-11(16)6-7-13(10)18-14(19)17-12-4-2-1-3-5-12/h1-8H,16H2,(H2,17,18,19). The minimum Gasteiger partial charge on any atom is -0.399 e. The average molecular weight is 252 g/mol. The van der Waals surface area contributed by atoms with Crippen LogP contribution in [0.5, 0.6) is 0 Å². The summed E-state index contributed by atoms with van der Waals surface area (Å²) in [5.41, 5.74) is 7.47. The topological polar surface area (TPSA) is 90.9 Å². The summed E-state index contributed by atoms with van der Waals surface area (Å²) in [5, 5.41) is 14.2. The maximum absolute atomic E-state index is 11.8. The Balaban J connectivity index is 2.10. The number of hydrogen-bond acceptors (Lipinski definition) is 3. The summed E-state index contributed by atoms with van der Waals surface area (Å²) >= 11 is 0. The van der Waals surface area contributed by atoms with E-state index in [0.717, 1.165) is 0 Å². The van der Waals surface area contributed by atoms with E-state index in [1.165, 1.54) is 6.07 Å². The van der Waals surface area contributed by atoms with Crippen molar-refractivity contribution >= 4 is 23.1 Å². The van der Waals surface area contributed by atoms with Crippen LogP contribution < -0.4 is 16.4 Å². The highest BCUT2D eigenvalue weighted by Gasteiger charge is 2.07. The maximum Gasteiger partial charge on any atom is 0.323 e. The predicted molar refractivity (Wildman–Crippen MR) is 74.7 cm³/mol. The molecule has 0 aliphatic carbocycles. The van der Waals surface area contributed by atoms with Crippen molar-refractivity contribution in [2.75, 3.05) is 16.4 Å². The van der Waals surface area contributed by atoms with Crippen LogP contribution in [0, 0.1) is 11.3 Å². The number of anilines is 3. The zero-order chi connectivity index (χ0) is 13.7. The molecule has 0 saturated carbocycles. The molecule has 0 spiro atoms. The molecule has 0 fully saturated rings. The van der Waals surface area contributed by atoms with Gasteiger partial charge in [0.2, 0.25) is 0 Å². The fraction of sp³-hybridized carbons (Fsp3) is 0. The first-order valence-corrected chi connectivity index (χ1v) is 5.62. The van der Waals surface area contributed by atoms with Crippen molar-refractivity contribution in [1.29, 1.82) is 5.26 Å². The zero-order valence-corrected chi connectivity index (χ0v) is 10.1. The highest BCUT2D eigenvalue weighted by molar-refractivity contribution is 6.00. The minimum absolute atomic E-state index is 0.322. The number of amides is 2. The molecule has 0 bridgehead atoms. The number of hydrogen-bond donors (Lipinski definition) is 3. The molecule has 2 aromatic rings. The van der Waals surface area contributed by atoms with Gasteiger partial charge in [-0.15, -0.1) is 0 Å². The molecule has 0 aliphatic heterocycles. The van der Waals surface area contributed by atoms with Gasteiger partial charge in [0, 0.05) is 11.4 Å². The number of nitrogens with two attached hydrogens (primary N) is 1. The maximum atomic E-state index is 11.8. The van der Waals surface area contributed by atoms with E-state index < -0.39 is 6.03 Å². The van der Waals surface area contributed by atoms with Gasteiger partial charge in [0.25, 0.3) is 0 Å². The quantitative estimate of drug-likeness (QED) is 0.718. The van der Waals surface area contributed by atoms with Gasteiger partial charge in [-0.1, -0.05) is 18.2 Å². The Kier molecular flexibility index (Phi) is 3.64. The molecule has 19 heavy (non-hydrogen) atoms. The van der Waals surface area contributed by atoms with E-state index in [-0.39, 0.29) is 0 Å². The fourth-order valence-electron chi connectivity index (χ4n) is 1.57. The molecule has 0 unspecified atom stereocenters. The minimum atomic E-state index is -0.410. The van der Waals surface area contributed by atoms with Crippen LogP contribution in [-0.4, -0.2) is 6.03 Å². The second-order valence-electron chi connectivity index (χ2n) is 3.86. The van der Waals surface area contributed by atoms with E-state index in [0.29, 0.717) is 22.6 Å². The lowest BCUT2D eigenvalue weighted by molar-refractivity contribution is 0.262. The Morgan fingerprint density at radius 1 is 1.11 bits per heavy atom. The van der Waals surface area contributed by atoms with Crippen LogP contribution >= 0.6 is 0 Å². The normalized spacial score (nSPS) is 9.42. The van der Waals surface area contributed by atoms with Crippen molar-refractivity contribution in [2.45, 2.75) is 0 Å². The monoisotopic (exact) mass is 252 g/mol. The molecule has 0 radical (unpaired) electrons. The molecule has 0 heterocycles. The molecular weight excluding hydrogens is 240 g/mol. The molecule has 0 saturated heterocycles. The van der Waals surface area contributed by atoms with Gasteiger partial charge in [-0.05, 0) is 30.3 Å². The van der Waals surface area contributed by atoms with Crippen LogP contribution in [0.4, 0.5) is 21.9 Å². The number of benzene rings is 2. The summed E-state index contributed by atoms with van der Waals surface area (Å²) < 4.78 is 0. The zero-order valence-electron chi connectivity index (χ0n) is 10.1. The Morgan fingerprint density at radius 3 is 2.53 bits per heavy atom. The third-order valence-corrected chi connectivity index (χ3v) is 2.44. The third-order valence-electron chi connectivity index (χ3n) is 2.44. The molecule has 0 aromatic heterocycles. The molecule has 94 valence electrons. The van der Waals surface area contributed by atoms with E-state index in [9.17, 15) is 4.79 Å². The first-order chi connectivity index (χ1) is 9.19. The lowest BCUT2D eigenvalue weighted by Gasteiger charge is -2.09. The Labute approximate surface area is 110 Å². The van der Waals surface area contributed by atoms with Crippen molar-refractivity contribution in [2.24, 2.45) is 0 Å². The highest BCUT2D eigenvalue weighted by atomic mass is 16.2. The molecule has 2 aromatic carbocycles. The Morgan fingerprint density at radius 2 is 1.84 bits per heavy atom. The van der Waals surface area contributed by atoms with Crippen LogP contribution in [0.2, 0.25) is 0 Å². The molecule has 0 aliphatic rings. The highest BCUT2D eigenvalue weighted by Crippen LogP contribution is 2.18. The van der Waals surface area contributed by atoms with Gasteiger partial charge in [-0.2, -0.15) is 5.26 Å². The summed E-state index contributed by atoms with van der Waals surface area (Å²) in [6.45, 7) is 0. The van der Waals surface area contributed by atoms with Crippen LogP contribution in [-0.2, 0) is 0 Å². The summed E-state index contributed by atoms with van der Waals surface area (Å²) in [6, 6.07) is 15.3. The van der Waals surface area contributed by atoms with Crippen LogP contribution in [0.15, 0.2) is 48.5 Å². The molecule has 5 heteroatoms. The molecule has 2 amide bonds. The number of urea groups is 1. The van der Waals surface area contributed by atoms with Gasteiger partial charge >= 0.3 is 6.03 Å². The van der Waals surface area contributed by atoms with Gasteiger partial charge in [0.05, 0.1) is 11.3 Å². The second kappa shape index (κ2) is 5.56. The van der Waals surface area contributed by atoms with Crippen molar-refractivity contribution in [1.82, 2.24) is 0 Å². The van der Waals surface area contributed by atoms with E-state index in [4.69, 9.17) is 11.0 Å². The smallest absolute Gasteiger partial charge is 0.323 e. The fourth-order valence-corrected chi connectivity index (χ4v) is 1.57. The first kappa shape index (κ1) is 12.5. The van der Waals surface area contributed by atoms with Gasteiger partial charge in [0.1, 0.15) is 6.07 Å². The van der Waals surface area contributed by atoms with E-state index >= 15 is 0 Å². The predicted octanol–water partition coefficient (Wildman–Crippen LogP) is 2.78. The summed E-state index contributed by atoms with van der Waals surface area (Å²) in [7, 11) is 0. The number of nitrogens with one attached hydrogen (secondary N) is 2.